The highest BCUT2D eigenvalue weighted by molar-refractivity contribution is 7.13. The van der Waals surface area contributed by atoms with Crippen LogP contribution >= 0.6 is 11.3 Å². The zero-order valence-corrected chi connectivity index (χ0v) is 14.4. The largest absolute Gasteiger partial charge is 0.336 e. The van der Waals surface area contributed by atoms with Crippen molar-refractivity contribution < 1.29 is 4.79 Å². The molecule has 0 atom stereocenters. The van der Waals surface area contributed by atoms with Crippen molar-refractivity contribution in [2.24, 2.45) is 0 Å². The molecule has 6 heteroatoms. The van der Waals surface area contributed by atoms with E-state index in [1.54, 1.807) is 11.3 Å². The summed E-state index contributed by atoms with van der Waals surface area (Å²) >= 11 is 1.69. The third-order valence-electron chi connectivity index (χ3n) is 4.30. The van der Waals surface area contributed by atoms with E-state index >= 15 is 0 Å². The average Bonchev–Trinajstić information content (AvgIpc) is 3.18. The molecule has 2 amide bonds. The van der Waals surface area contributed by atoms with E-state index in [4.69, 9.17) is 0 Å². The minimum absolute atomic E-state index is 0.0554. The number of hydrogen-bond acceptors (Lipinski definition) is 3. The van der Waals surface area contributed by atoms with E-state index in [0.717, 1.165) is 24.2 Å². The van der Waals surface area contributed by atoms with Gasteiger partial charge in [-0.05, 0) is 37.3 Å². The van der Waals surface area contributed by atoms with E-state index in [0.29, 0.717) is 19.1 Å². The molecule has 0 unspecified atom stereocenters. The first-order chi connectivity index (χ1) is 11.2. The monoisotopic (exact) mass is 332 g/mol. The number of aromatic nitrogens is 2. The summed E-state index contributed by atoms with van der Waals surface area (Å²) < 4.78 is 1.95. The van der Waals surface area contributed by atoms with Crippen LogP contribution in [0.2, 0.25) is 0 Å². The van der Waals surface area contributed by atoms with Crippen molar-refractivity contribution in [3.05, 3.63) is 29.3 Å². The van der Waals surface area contributed by atoms with Crippen LogP contribution in [0, 0.1) is 6.92 Å². The van der Waals surface area contributed by atoms with Crippen molar-refractivity contribution >= 4 is 17.4 Å². The summed E-state index contributed by atoms with van der Waals surface area (Å²) in [5.41, 5.74) is 2.12. The quantitative estimate of drug-likeness (QED) is 0.879. The number of carbonyl (C=O) groups is 1. The Bertz CT molecular complexity index is 629. The van der Waals surface area contributed by atoms with Gasteiger partial charge in [-0.15, -0.1) is 11.3 Å². The molecular formula is C17H24N4OS. The van der Waals surface area contributed by atoms with Crippen LogP contribution in [0.1, 0.15) is 37.8 Å². The van der Waals surface area contributed by atoms with Crippen LogP contribution in [-0.4, -0.2) is 28.4 Å². The second kappa shape index (κ2) is 7.64. The minimum atomic E-state index is -0.0554. The van der Waals surface area contributed by atoms with Crippen molar-refractivity contribution in [2.75, 3.05) is 6.54 Å². The van der Waals surface area contributed by atoms with Crippen LogP contribution in [0.25, 0.3) is 10.6 Å². The Balaban J connectivity index is 1.46. The lowest BCUT2D eigenvalue weighted by Gasteiger charge is -2.22. The molecule has 2 aromatic rings. The second-order valence-electron chi connectivity index (χ2n) is 6.11. The van der Waals surface area contributed by atoms with Gasteiger partial charge in [0.1, 0.15) is 5.69 Å². The van der Waals surface area contributed by atoms with Crippen molar-refractivity contribution in [3.8, 4) is 10.6 Å². The molecule has 0 bridgehead atoms. The minimum Gasteiger partial charge on any atom is -0.336 e. The fraction of sp³-hybridized carbons (Fsp3) is 0.529. The molecule has 124 valence electrons. The summed E-state index contributed by atoms with van der Waals surface area (Å²) in [4.78, 5) is 13.1. The fourth-order valence-corrected chi connectivity index (χ4v) is 3.72. The summed E-state index contributed by atoms with van der Waals surface area (Å²) in [6.45, 7) is 3.33. The Morgan fingerprint density at radius 3 is 2.96 bits per heavy atom. The molecule has 0 radical (unpaired) electrons. The number of amides is 2. The van der Waals surface area contributed by atoms with Crippen molar-refractivity contribution in [2.45, 2.75) is 51.6 Å². The molecule has 0 aromatic carbocycles. The zero-order valence-electron chi connectivity index (χ0n) is 13.5. The Morgan fingerprint density at radius 1 is 1.39 bits per heavy atom. The van der Waals surface area contributed by atoms with Gasteiger partial charge in [0.25, 0.3) is 0 Å². The van der Waals surface area contributed by atoms with Crippen molar-refractivity contribution in [1.29, 1.82) is 0 Å². The predicted molar refractivity (Wildman–Crippen MR) is 93.7 cm³/mol. The van der Waals surface area contributed by atoms with Crippen LogP contribution in [0.4, 0.5) is 4.79 Å². The SMILES string of the molecule is Cc1cc(-c2cccs2)nn1CCNC(=O)NC1CCCCC1. The predicted octanol–water partition coefficient (Wildman–Crippen LogP) is 3.55. The lowest BCUT2D eigenvalue weighted by Crippen LogP contribution is -2.43. The van der Waals surface area contributed by atoms with Gasteiger partial charge in [-0.1, -0.05) is 25.3 Å². The van der Waals surface area contributed by atoms with Gasteiger partial charge < -0.3 is 10.6 Å². The van der Waals surface area contributed by atoms with Crippen LogP contribution in [0.5, 0.6) is 0 Å². The molecular weight excluding hydrogens is 308 g/mol. The number of carbonyl (C=O) groups excluding carboxylic acids is 1. The van der Waals surface area contributed by atoms with Crippen molar-refractivity contribution in [1.82, 2.24) is 20.4 Å². The Hall–Kier alpha value is -1.82. The van der Waals surface area contributed by atoms with E-state index in [-0.39, 0.29) is 6.03 Å². The number of nitrogens with zero attached hydrogens (tertiary/aromatic N) is 2. The lowest BCUT2D eigenvalue weighted by molar-refractivity contribution is 0.232. The third-order valence-corrected chi connectivity index (χ3v) is 5.20. The molecule has 1 aliphatic carbocycles. The van der Waals surface area contributed by atoms with Gasteiger partial charge in [0.2, 0.25) is 0 Å². The fourth-order valence-electron chi connectivity index (χ4n) is 3.04. The summed E-state index contributed by atoms with van der Waals surface area (Å²) in [6, 6.07) is 6.49. The number of thiophene rings is 1. The van der Waals surface area contributed by atoms with Gasteiger partial charge in [0.15, 0.2) is 0 Å². The number of hydrogen-bond donors (Lipinski definition) is 2. The maximum Gasteiger partial charge on any atom is 0.315 e. The first kappa shape index (κ1) is 16.1. The summed E-state index contributed by atoms with van der Waals surface area (Å²) in [6.07, 6.45) is 5.96. The first-order valence-electron chi connectivity index (χ1n) is 8.35. The standard InChI is InChI=1S/C17H24N4OS/c1-13-12-15(16-8-5-11-23-16)20-21(13)10-9-18-17(22)19-14-6-3-2-4-7-14/h5,8,11-12,14H,2-4,6-7,9-10H2,1H3,(H2,18,19,22). The topological polar surface area (TPSA) is 59.0 Å². The molecule has 0 aliphatic heterocycles. The molecule has 23 heavy (non-hydrogen) atoms. The number of nitrogens with one attached hydrogen (secondary N) is 2. The molecule has 0 spiro atoms. The van der Waals surface area contributed by atoms with E-state index in [1.165, 1.54) is 24.1 Å². The van der Waals surface area contributed by atoms with Gasteiger partial charge in [0, 0.05) is 18.3 Å². The van der Waals surface area contributed by atoms with Crippen LogP contribution in [0.3, 0.4) is 0 Å². The number of urea groups is 1. The molecule has 1 aliphatic rings. The molecule has 3 rings (SSSR count). The highest BCUT2D eigenvalue weighted by atomic mass is 32.1. The molecule has 1 fully saturated rings. The lowest BCUT2D eigenvalue weighted by atomic mass is 9.96. The zero-order chi connectivity index (χ0) is 16.1. The number of rotatable bonds is 5. The Morgan fingerprint density at radius 2 is 2.22 bits per heavy atom. The molecule has 0 saturated heterocycles. The van der Waals surface area contributed by atoms with E-state index in [1.807, 2.05) is 17.7 Å². The average molecular weight is 332 g/mol. The molecule has 2 heterocycles. The molecule has 2 N–H and O–H groups in total. The maximum atomic E-state index is 11.9. The Kier molecular flexibility index (Phi) is 5.33. The van der Waals surface area contributed by atoms with E-state index in [9.17, 15) is 4.79 Å². The molecule has 5 nitrogen and oxygen atoms in total. The van der Waals surface area contributed by atoms with E-state index in [2.05, 4.69) is 33.2 Å². The van der Waals surface area contributed by atoms with Crippen LogP contribution in [0.15, 0.2) is 23.6 Å². The summed E-state index contributed by atoms with van der Waals surface area (Å²) in [5.74, 6) is 0. The second-order valence-corrected chi connectivity index (χ2v) is 7.05. The molecule has 2 aromatic heterocycles. The van der Waals surface area contributed by atoms with Gasteiger partial charge in [0.05, 0.1) is 11.4 Å². The third kappa shape index (κ3) is 4.34. The highest BCUT2D eigenvalue weighted by Gasteiger charge is 2.15. The van der Waals surface area contributed by atoms with Gasteiger partial charge >= 0.3 is 6.03 Å². The summed E-state index contributed by atoms with van der Waals surface area (Å²) in [5, 5.41) is 12.7. The van der Waals surface area contributed by atoms with Crippen LogP contribution in [-0.2, 0) is 6.54 Å². The summed E-state index contributed by atoms with van der Waals surface area (Å²) in [7, 11) is 0. The van der Waals surface area contributed by atoms with E-state index < -0.39 is 0 Å². The Labute approximate surface area is 141 Å². The van der Waals surface area contributed by atoms with Gasteiger partial charge in [-0.3, -0.25) is 4.68 Å². The maximum absolute atomic E-state index is 11.9. The van der Waals surface area contributed by atoms with Gasteiger partial charge in [-0.25, -0.2) is 4.79 Å². The van der Waals surface area contributed by atoms with Crippen LogP contribution < -0.4 is 10.6 Å². The van der Waals surface area contributed by atoms with Gasteiger partial charge in [-0.2, -0.15) is 5.10 Å². The normalized spacial score (nSPS) is 15.5. The number of aryl methyl sites for hydroxylation is 1. The smallest absolute Gasteiger partial charge is 0.315 e. The molecule has 1 saturated carbocycles. The highest BCUT2D eigenvalue weighted by Crippen LogP contribution is 2.23. The van der Waals surface area contributed by atoms with Crippen molar-refractivity contribution in [3.63, 3.8) is 0 Å². The first-order valence-corrected chi connectivity index (χ1v) is 9.23.